The van der Waals surface area contributed by atoms with Crippen molar-refractivity contribution in [2.24, 2.45) is 0 Å². The number of alkyl halides is 1. The highest BCUT2D eigenvalue weighted by atomic mass is 35.5. The van der Waals surface area contributed by atoms with E-state index in [-0.39, 0.29) is 12.0 Å². The van der Waals surface area contributed by atoms with Crippen molar-refractivity contribution >= 4 is 23.2 Å². The van der Waals surface area contributed by atoms with Gasteiger partial charge in [0.25, 0.3) is 5.91 Å². The Morgan fingerprint density at radius 3 is 2.71 bits per heavy atom. The van der Waals surface area contributed by atoms with Gasteiger partial charge in [-0.25, -0.2) is 0 Å². The largest absolute Gasteiger partial charge is 0.368 e. The van der Waals surface area contributed by atoms with Crippen LogP contribution in [0.1, 0.15) is 24.8 Å². The van der Waals surface area contributed by atoms with E-state index in [9.17, 15) is 4.79 Å². The standard InChI is InChI=1S/C13H16ClNO2/c14-9-10-4-6-11(7-5-10)15-13(16)12-3-1-2-8-17-12/h4-7,12H,1-3,8-9H2,(H,15,16). The summed E-state index contributed by atoms with van der Waals surface area (Å²) in [6, 6.07) is 7.53. The number of rotatable bonds is 3. The van der Waals surface area contributed by atoms with Gasteiger partial charge in [0.05, 0.1) is 0 Å². The average Bonchev–Trinajstić information content (AvgIpc) is 2.40. The third-order valence-electron chi connectivity index (χ3n) is 2.85. The molecule has 1 saturated heterocycles. The molecule has 1 atom stereocenters. The van der Waals surface area contributed by atoms with E-state index in [1.54, 1.807) is 0 Å². The molecule has 1 N–H and O–H groups in total. The first-order valence-corrected chi connectivity index (χ1v) is 6.40. The van der Waals surface area contributed by atoms with E-state index < -0.39 is 0 Å². The highest BCUT2D eigenvalue weighted by Gasteiger charge is 2.21. The van der Waals surface area contributed by atoms with Crippen molar-refractivity contribution in [1.82, 2.24) is 0 Å². The summed E-state index contributed by atoms with van der Waals surface area (Å²) in [4.78, 5) is 11.9. The summed E-state index contributed by atoms with van der Waals surface area (Å²) in [5, 5.41) is 2.86. The summed E-state index contributed by atoms with van der Waals surface area (Å²) >= 11 is 5.70. The number of nitrogens with one attached hydrogen (secondary N) is 1. The third kappa shape index (κ3) is 3.45. The van der Waals surface area contributed by atoms with E-state index in [4.69, 9.17) is 16.3 Å². The van der Waals surface area contributed by atoms with Crippen LogP contribution < -0.4 is 5.32 Å². The fourth-order valence-corrected chi connectivity index (χ4v) is 2.03. The van der Waals surface area contributed by atoms with Gasteiger partial charge in [0.2, 0.25) is 0 Å². The van der Waals surface area contributed by atoms with Gasteiger partial charge >= 0.3 is 0 Å². The molecule has 0 saturated carbocycles. The van der Waals surface area contributed by atoms with Crippen molar-refractivity contribution in [3.63, 3.8) is 0 Å². The Hall–Kier alpha value is -1.06. The molecule has 0 spiro atoms. The fourth-order valence-electron chi connectivity index (χ4n) is 1.85. The third-order valence-corrected chi connectivity index (χ3v) is 3.16. The number of carbonyl (C=O) groups is 1. The normalized spacial score (nSPS) is 19.9. The predicted molar refractivity (Wildman–Crippen MR) is 68.2 cm³/mol. The topological polar surface area (TPSA) is 38.3 Å². The Kier molecular flexibility index (Phi) is 4.40. The summed E-state index contributed by atoms with van der Waals surface area (Å²) in [7, 11) is 0. The van der Waals surface area contributed by atoms with Crippen LogP contribution in [0.25, 0.3) is 0 Å². The lowest BCUT2D eigenvalue weighted by Gasteiger charge is -2.21. The molecule has 1 aromatic carbocycles. The van der Waals surface area contributed by atoms with E-state index in [0.29, 0.717) is 12.5 Å². The minimum atomic E-state index is -0.295. The van der Waals surface area contributed by atoms with Crippen molar-refractivity contribution in [1.29, 1.82) is 0 Å². The number of carbonyl (C=O) groups excluding carboxylic acids is 1. The maximum absolute atomic E-state index is 11.9. The van der Waals surface area contributed by atoms with E-state index in [1.165, 1.54) is 0 Å². The Bertz CT molecular complexity index is 372. The van der Waals surface area contributed by atoms with Crippen LogP contribution in [0.5, 0.6) is 0 Å². The zero-order valence-corrected chi connectivity index (χ0v) is 10.4. The van der Waals surface area contributed by atoms with Crippen LogP contribution in [0, 0.1) is 0 Å². The molecule has 0 aromatic heterocycles. The van der Waals surface area contributed by atoms with Gasteiger partial charge in [-0.2, -0.15) is 0 Å². The van der Waals surface area contributed by atoms with Gasteiger partial charge in [0, 0.05) is 18.2 Å². The molecule has 0 radical (unpaired) electrons. The second kappa shape index (κ2) is 6.03. The zero-order chi connectivity index (χ0) is 12.1. The Balaban J connectivity index is 1.92. The van der Waals surface area contributed by atoms with Crippen LogP contribution in [0.2, 0.25) is 0 Å². The number of anilines is 1. The molecule has 0 aliphatic carbocycles. The van der Waals surface area contributed by atoms with Crippen molar-refractivity contribution < 1.29 is 9.53 Å². The summed E-state index contributed by atoms with van der Waals surface area (Å²) in [5.74, 6) is 0.434. The number of benzene rings is 1. The number of hydrogen-bond acceptors (Lipinski definition) is 2. The minimum Gasteiger partial charge on any atom is -0.368 e. The molecular formula is C13H16ClNO2. The molecule has 1 unspecified atom stereocenters. The molecule has 1 aliphatic heterocycles. The van der Waals surface area contributed by atoms with Crippen molar-refractivity contribution in [3.05, 3.63) is 29.8 Å². The van der Waals surface area contributed by atoms with Crippen LogP contribution >= 0.6 is 11.6 Å². The van der Waals surface area contributed by atoms with Gasteiger partial charge in [0.1, 0.15) is 6.10 Å². The molecule has 2 rings (SSSR count). The van der Waals surface area contributed by atoms with Crippen LogP contribution in [-0.2, 0) is 15.4 Å². The molecule has 92 valence electrons. The molecule has 4 heteroatoms. The lowest BCUT2D eigenvalue weighted by atomic mass is 10.1. The summed E-state index contributed by atoms with van der Waals surface area (Å²) < 4.78 is 5.42. The maximum Gasteiger partial charge on any atom is 0.253 e. The summed E-state index contributed by atoms with van der Waals surface area (Å²) in [5.41, 5.74) is 1.83. The van der Waals surface area contributed by atoms with E-state index in [2.05, 4.69) is 5.32 Å². The average molecular weight is 254 g/mol. The minimum absolute atomic E-state index is 0.0525. The van der Waals surface area contributed by atoms with E-state index >= 15 is 0 Å². The lowest BCUT2D eigenvalue weighted by Crippen LogP contribution is -2.33. The Morgan fingerprint density at radius 2 is 2.12 bits per heavy atom. The molecule has 17 heavy (non-hydrogen) atoms. The molecule has 1 aromatic rings. The van der Waals surface area contributed by atoms with Gasteiger partial charge < -0.3 is 10.1 Å². The van der Waals surface area contributed by atoms with Gasteiger partial charge in [-0.3, -0.25) is 4.79 Å². The highest BCUT2D eigenvalue weighted by molar-refractivity contribution is 6.17. The van der Waals surface area contributed by atoms with E-state index in [0.717, 1.165) is 30.5 Å². The maximum atomic E-state index is 11.9. The monoisotopic (exact) mass is 253 g/mol. The fraction of sp³-hybridized carbons (Fsp3) is 0.462. The van der Waals surface area contributed by atoms with Gasteiger partial charge in [-0.1, -0.05) is 12.1 Å². The highest BCUT2D eigenvalue weighted by Crippen LogP contribution is 2.16. The van der Waals surface area contributed by atoms with Crippen LogP contribution in [0.4, 0.5) is 5.69 Å². The molecule has 3 nitrogen and oxygen atoms in total. The molecular weight excluding hydrogens is 238 g/mol. The lowest BCUT2D eigenvalue weighted by molar-refractivity contribution is -0.129. The number of ether oxygens (including phenoxy) is 1. The van der Waals surface area contributed by atoms with Gasteiger partial charge in [-0.05, 0) is 37.0 Å². The van der Waals surface area contributed by atoms with Gasteiger partial charge in [-0.15, -0.1) is 11.6 Å². The van der Waals surface area contributed by atoms with Crippen LogP contribution in [-0.4, -0.2) is 18.6 Å². The molecule has 1 amide bonds. The SMILES string of the molecule is O=C(Nc1ccc(CCl)cc1)C1CCCCO1. The van der Waals surface area contributed by atoms with Gasteiger partial charge in [0.15, 0.2) is 0 Å². The number of amides is 1. The van der Waals surface area contributed by atoms with Crippen LogP contribution in [0.3, 0.4) is 0 Å². The van der Waals surface area contributed by atoms with E-state index in [1.807, 2.05) is 24.3 Å². The summed E-state index contributed by atoms with van der Waals surface area (Å²) in [6.07, 6.45) is 2.62. The molecule has 1 heterocycles. The summed E-state index contributed by atoms with van der Waals surface area (Å²) in [6.45, 7) is 0.684. The first-order chi connectivity index (χ1) is 8.29. The molecule has 0 bridgehead atoms. The predicted octanol–water partition coefficient (Wildman–Crippen LogP) is 2.93. The smallest absolute Gasteiger partial charge is 0.253 e. The van der Waals surface area contributed by atoms with Crippen molar-refractivity contribution in [3.8, 4) is 0 Å². The molecule has 1 fully saturated rings. The zero-order valence-electron chi connectivity index (χ0n) is 9.62. The second-order valence-electron chi connectivity index (χ2n) is 4.18. The molecule has 1 aliphatic rings. The van der Waals surface area contributed by atoms with Crippen molar-refractivity contribution in [2.45, 2.75) is 31.2 Å². The van der Waals surface area contributed by atoms with Crippen LogP contribution in [0.15, 0.2) is 24.3 Å². The first-order valence-electron chi connectivity index (χ1n) is 5.87. The quantitative estimate of drug-likeness (QED) is 0.842. The Morgan fingerprint density at radius 1 is 1.35 bits per heavy atom. The first kappa shape index (κ1) is 12.4. The Labute approximate surface area is 106 Å². The number of hydrogen-bond donors (Lipinski definition) is 1. The number of halogens is 1. The second-order valence-corrected chi connectivity index (χ2v) is 4.44. The van der Waals surface area contributed by atoms with Crippen molar-refractivity contribution in [2.75, 3.05) is 11.9 Å².